The molecule has 8 heteroatoms. The summed E-state index contributed by atoms with van der Waals surface area (Å²) in [5.74, 6) is -0.0645. The molecule has 0 aliphatic heterocycles. The smallest absolute Gasteiger partial charge is 0.414 e. The van der Waals surface area contributed by atoms with E-state index in [4.69, 9.17) is 15.2 Å². The van der Waals surface area contributed by atoms with Crippen molar-refractivity contribution in [2.75, 3.05) is 0 Å². The lowest BCUT2D eigenvalue weighted by Crippen LogP contribution is -2.47. The van der Waals surface area contributed by atoms with Gasteiger partial charge in [0.1, 0.15) is 11.2 Å². The maximum Gasteiger partial charge on any atom is 0.414 e. The second-order valence-corrected chi connectivity index (χ2v) is 7.89. The highest BCUT2D eigenvalue weighted by molar-refractivity contribution is 6.01. The first-order valence-corrected chi connectivity index (χ1v) is 8.71. The van der Waals surface area contributed by atoms with Crippen LogP contribution in [0.3, 0.4) is 0 Å². The highest BCUT2D eigenvalue weighted by Crippen LogP contribution is 2.10. The van der Waals surface area contributed by atoms with Gasteiger partial charge in [-0.2, -0.15) is 0 Å². The summed E-state index contributed by atoms with van der Waals surface area (Å²) in [5, 5.41) is 4.89. The Morgan fingerprint density at radius 2 is 1.37 bits per heavy atom. The molecule has 0 aromatic heterocycles. The van der Waals surface area contributed by atoms with E-state index in [9.17, 15) is 9.59 Å². The molecule has 150 valence electrons. The fourth-order valence-corrected chi connectivity index (χ4v) is 1.99. The van der Waals surface area contributed by atoms with E-state index in [2.05, 4.69) is 15.6 Å². The molecule has 1 rings (SSSR count). The van der Waals surface area contributed by atoms with Gasteiger partial charge < -0.3 is 15.2 Å². The molecule has 8 nitrogen and oxygen atoms in total. The first kappa shape index (κ1) is 22.4. The minimum atomic E-state index is -0.732. The third-order valence-electron chi connectivity index (χ3n) is 2.98. The van der Waals surface area contributed by atoms with Crippen molar-refractivity contribution in [2.24, 2.45) is 10.7 Å². The molecule has 0 unspecified atom stereocenters. The number of benzene rings is 1. The molecule has 1 aromatic rings. The van der Waals surface area contributed by atoms with Crippen LogP contribution in [0, 0.1) is 0 Å². The maximum atomic E-state index is 12.0. The second-order valence-electron chi connectivity index (χ2n) is 7.89. The second kappa shape index (κ2) is 9.36. The zero-order valence-electron chi connectivity index (χ0n) is 16.9. The van der Waals surface area contributed by atoms with E-state index in [1.54, 1.807) is 41.5 Å². The molecule has 4 N–H and O–H groups in total. The fraction of sp³-hybridized carbons (Fsp3) is 0.526. The van der Waals surface area contributed by atoms with Crippen molar-refractivity contribution in [2.45, 2.75) is 65.8 Å². The van der Waals surface area contributed by atoms with Crippen LogP contribution in [-0.4, -0.2) is 29.3 Å². The summed E-state index contributed by atoms with van der Waals surface area (Å²) in [5.41, 5.74) is 6.16. The van der Waals surface area contributed by atoms with Crippen molar-refractivity contribution in [3.63, 3.8) is 0 Å². The summed E-state index contributed by atoms with van der Waals surface area (Å²) in [6.07, 6.45) is -1.46. The summed E-state index contributed by atoms with van der Waals surface area (Å²) >= 11 is 0. The number of aliphatic imine (C=N–C) groups is 1. The lowest BCUT2D eigenvalue weighted by molar-refractivity contribution is 0.0545. The van der Waals surface area contributed by atoms with Gasteiger partial charge in [-0.15, -0.1) is 0 Å². The Morgan fingerprint density at radius 1 is 0.926 bits per heavy atom. The van der Waals surface area contributed by atoms with Gasteiger partial charge in [-0.25, -0.2) is 14.6 Å². The molecular formula is C19H30N4O4. The monoisotopic (exact) mass is 378 g/mol. The minimum absolute atomic E-state index is 0.0645. The van der Waals surface area contributed by atoms with Crippen molar-refractivity contribution in [3.05, 3.63) is 35.4 Å². The zero-order chi connectivity index (χ0) is 20.7. The van der Waals surface area contributed by atoms with Gasteiger partial charge in [-0.3, -0.25) is 10.6 Å². The molecule has 0 atom stereocenters. The van der Waals surface area contributed by atoms with E-state index >= 15 is 0 Å². The third kappa shape index (κ3) is 9.60. The standard InChI is InChI=1S/C19H30N4O4/c1-18(2,3)26-16(24)22-15(23-17(25)27-19(4,5)6)21-12-14-10-8-7-9-13(14)11-20/h7-10H,11-12,20H2,1-6H3,(H2,21,22,23,24,25). The summed E-state index contributed by atoms with van der Waals surface area (Å²) in [7, 11) is 0. The van der Waals surface area contributed by atoms with Crippen molar-refractivity contribution >= 4 is 18.1 Å². The van der Waals surface area contributed by atoms with Gasteiger partial charge in [0.25, 0.3) is 0 Å². The Morgan fingerprint density at radius 3 is 1.78 bits per heavy atom. The first-order valence-electron chi connectivity index (χ1n) is 8.71. The van der Waals surface area contributed by atoms with Gasteiger partial charge in [0.2, 0.25) is 5.96 Å². The van der Waals surface area contributed by atoms with Crippen LogP contribution in [-0.2, 0) is 22.6 Å². The van der Waals surface area contributed by atoms with Crippen molar-refractivity contribution in [3.8, 4) is 0 Å². The number of amides is 2. The van der Waals surface area contributed by atoms with Crippen molar-refractivity contribution < 1.29 is 19.1 Å². The number of hydrogen-bond donors (Lipinski definition) is 3. The van der Waals surface area contributed by atoms with Gasteiger partial charge in [0.05, 0.1) is 6.54 Å². The van der Waals surface area contributed by atoms with Gasteiger partial charge in [-0.1, -0.05) is 24.3 Å². The van der Waals surface area contributed by atoms with Crippen LogP contribution in [0.1, 0.15) is 52.7 Å². The summed E-state index contributed by atoms with van der Waals surface area (Å²) in [6, 6.07) is 7.53. The molecule has 1 aromatic carbocycles. The average Bonchev–Trinajstić information content (AvgIpc) is 2.49. The highest BCUT2D eigenvalue weighted by Gasteiger charge is 2.21. The number of hydrogen-bond acceptors (Lipinski definition) is 6. The Kier molecular flexibility index (Phi) is 7.78. The normalized spacial score (nSPS) is 11.4. The quantitative estimate of drug-likeness (QED) is 0.552. The number of ether oxygens (including phenoxy) is 2. The molecule has 0 aliphatic rings. The van der Waals surface area contributed by atoms with Crippen LogP contribution < -0.4 is 16.4 Å². The lowest BCUT2D eigenvalue weighted by atomic mass is 10.1. The molecular weight excluding hydrogens is 348 g/mol. The number of nitrogens with one attached hydrogen (secondary N) is 2. The molecule has 0 aliphatic carbocycles. The number of alkyl carbamates (subject to hydrolysis) is 2. The van der Waals surface area contributed by atoms with Crippen LogP contribution in [0.15, 0.2) is 29.3 Å². The Bertz CT molecular complexity index is 656. The first-order chi connectivity index (χ1) is 12.4. The molecule has 0 radical (unpaired) electrons. The molecule has 0 saturated heterocycles. The Hall–Kier alpha value is -2.61. The van der Waals surface area contributed by atoms with E-state index in [-0.39, 0.29) is 12.5 Å². The predicted molar refractivity (Wildman–Crippen MR) is 104 cm³/mol. The maximum absolute atomic E-state index is 12.0. The minimum Gasteiger partial charge on any atom is -0.444 e. The lowest BCUT2D eigenvalue weighted by Gasteiger charge is -2.22. The number of rotatable bonds is 3. The Balaban J connectivity index is 2.94. The third-order valence-corrected chi connectivity index (χ3v) is 2.98. The molecule has 0 heterocycles. The van der Waals surface area contributed by atoms with Crippen molar-refractivity contribution in [1.82, 2.24) is 10.6 Å². The van der Waals surface area contributed by atoms with Crippen molar-refractivity contribution in [1.29, 1.82) is 0 Å². The fourth-order valence-electron chi connectivity index (χ4n) is 1.99. The molecule has 0 bridgehead atoms. The van der Waals surface area contributed by atoms with E-state index < -0.39 is 23.4 Å². The Labute approximate surface area is 160 Å². The number of carbonyl (C=O) groups is 2. The largest absolute Gasteiger partial charge is 0.444 e. The number of nitrogens with two attached hydrogens (primary N) is 1. The van der Waals surface area contributed by atoms with Gasteiger partial charge in [0, 0.05) is 6.54 Å². The summed E-state index contributed by atoms with van der Waals surface area (Å²) < 4.78 is 10.4. The summed E-state index contributed by atoms with van der Waals surface area (Å²) in [6.45, 7) is 11.0. The van der Waals surface area contributed by atoms with Crippen LogP contribution >= 0.6 is 0 Å². The van der Waals surface area contributed by atoms with Gasteiger partial charge in [-0.05, 0) is 52.7 Å². The van der Waals surface area contributed by atoms with Crippen LogP contribution in [0.25, 0.3) is 0 Å². The molecule has 27 heavy (non-hydrogen) atoms. The zero-order valence-corrected chi connectivity index (χ0v) is 16.9. The van der Waals surface area contributed by atoms with Gasteiger partial charge in [0.15, 0.2) is 0 Å². The van der Waals surface area contributed by atoms with Crippen LogP contribution in [0.4, 0.5) is 9.59 Å². The molecule has 0 saturated carbocycles. The average molecular weight is 378 g/mol. The number of guanidine groups is 1. The van der Waals surface area contributed by atoms with E-state index in [1.807, 2.05) is 24.3 Å². The molecule has 2 amide bonds. The number of nitrogens with zero attached hydrogens (tertiary/aromatic N) is 1. The van der Waals surface area contributed by atoms with E-state index in [1.165, 1.54) is 0 Å². The topological polar surface area (TPSA) is 115 Å². The number of carbonyl (C=O) groups excluding carboxylic acids is 2. The summed E-state index contributed by atoms with van der Waals surface area (Å²) in [4.78, 5) is 28.4. The molecule has 0 fully saturated rings. The van der Waals surface area contributed by atoms with Gasteiger partial charge >= 0.3 is 12.2 Å². The SMILES string of the molecule is CC(C)(C)OC(=O)NC(=NCc1ccccc1CN)NC(=O)OC(C)(C)C. The van der Waals surface area contributed by atoms with Crippen LogP contribution in [0.2, 0.25) is 0 Å². The van der Waals surface area contributed by atoms with Crippen LogP contribution in [0.5, 0.6) is 0 Å². The molecule has 0 spiro atoms. The highest BCUT2D eigenvalue weighted by atomic mass is 16.6. The predicted octanol–water partition coefficient (Wildman–Crippen LogP) is 3.05. The van der Waals surface area contributed by atoms with E-state index in [0.717, 1.165) is 11.1 Å². The van der Waals surface area contributed by atoms with E-state index in [0.29, 0.717) is 6.54 Å².